The first-order valence-corrected chi connectivity index (χ1v) is 5.41. The fourth-order valence-corrected chi connectivity index (χ4v) is 1.58. The summed E-state index contributed by atoms with van der Waals surface area (Å²) in [5.41, 5.74) is 6.92. The molecule has 1 rings (SSSR count). The minimum atomic E-state index is -0.292. The maximum atomic E-state index is 6.13. The van der Waals surface area contributed by atoms with Crippen molar-refractivity contribution >= 4 is 0 Å². The lowest BCUT2D eigenvalue weighted by atomic mass is 9.84. The summed E-state index contributed by atoms with van der Waals surface area (Å²) in [6.45, 7) is 6.12. The Balaban J connectivity index is 3.18. The van der Waals surface area contributed by atoms with Gasteiger partial charge in [0.2, 0.25) is 0 Å². The summed E-state index contributed by atoms with van der Waals surface area (Å²) in [6.07, 6.45) is 0. The highest BCUT2D eigenvalue weighted by Crippen LogP contribution is 2.35. The normalized spacial score (nSPS) is 13.4. The van der Waals surface area contributed by atoms with Gasteiger partial charge in [0.25, 0.3) is 0 Å². The number of nitrogens with two attached hydrogens (primary N) is 1. The molecule has 0 saturated heterocycles. The first-order valence-electron chi connectivity index (χ1n) is 5.41. The summed E-state index contributed by atoms with van der Waals surface area (Å²) < 4.78 is 10.6. The molecule has 0 fully saturated rings. The molecule has 0 amide bonds. The molecule has 0 saturated carbocycles. The van der Waals surface area contributed by atoms with Crippen molar-refractivity contribution in [1.29, 1.82) is 0 Å². The third-order valence-corrected chi connectivity index (χ3v) is 3.02. The maximum Gasteiger partial charge on any atom is 0.122 e. The third-order valence-electron chi connectivity index (χ3n) is 3.02. The average molecular weight is 223 g/mol. The third kappa shape index (κ3) is 2.67. The summed E-state index contributed by atoms with van der Waals surface area (Å²) in [6, 6.07) is 5.78. The number of methoxy groups -OCH3 is 2. The van der Waals surface area contributed by atoms with Crippen molar-refractivity contribution < 1.29 is 9.47 Å². The number of ether oxygens (including phenoxy) is 2. The van der Waals surface area contributed by atoms with Crippen LogP contribution in [-0.4, -0.2) is 19.8 Å². The van der Waals surface area contributed by atoms with Crippen molar-refractivity contribution in [2.45, 2.75) is 32.2 Å². The topological polar surface area (TPSA) is 44.5 Å². The highest BCUT2D eigenvalue weighted by Gasteiger charge is 2.25. The lowest BCUT2D eigenvalue weighted by Crippen LogP contribution is -2.38. The van der Waals surface area contributed by atoms with E-state index in [4.69, 9.17) is 15.2 Å². The molecule has 0 aliphatic heterocycles. The number of hydrogen-bond donors (Lipinski definition) is 1. The molecular weight excluding hydrogens is 202 g/mol. The van der Waals surface area contributed by atoms with Crippen LogP contribution in [0.1, 0.15) is 32.3 Å². The van der Waals surface area contributed by atoms with Crippen molar-refractivity contribution in [3.8, 4) is 11.5 Å². The largest absolute Gasteiger partial charge is 0.497 e. The zero-order valence-electron chi connectivity index (χ0n) is 10.7. The van der Waals surface area contributed by atoms with Gasteiger partial charge in [-0.1, -0.05) is 6.92 Å². The standard InChI is InChI=1S/C13H21NO2/c1-9(13(2,3)14)11-8-10(15-4)6-7-12(11)16-5/h6-9H,14H2,1-5H3. The second-order valence-corrected chi connectivity index (χ2v) is 4.65. The van der Waals surface area contributed by atoms with Gasteiger partial charge in [-0.15, -0.1) is 0 Å². The predicted molar refractivity (Wildman–Crippen MR) is 66.2 cm³/mol. The minimum absolute atomic E-state index is 0.192. The Morgan fingerprint density at radius 2 is 1.81 bits per heavy atom. The van der Waals surface area contributed by atoms with E-state index >= 15 is 0 Å². The molecule has 0 aromatic heterocycles. The van der Waals surface area contributed by atoms with Crippen LogP contribution in [-0.2, 0) is 0 Å². The van der Waals surface area contributed by atoms with Gasteiger partial charge < -0.3 is 15.2 Å². The Labute approximate surface area is 97.6 Å². The summed E-state index contributed by atoms with van der Waals surface area (Å²) in [7, 11) is 3.32. The van der Waals surface area contributed by atoms with Crippen LogP contribution >= 0.6 is 0 Å². The molecule has 0 bridgehead atoms. The fraction of sp³-hybridized carbons (Fsp3) is 0.538. The molecule has 0 radical (unpaired) electrons. The van der Waals surface area contributed by atoms with Crippen LogP contribution in [0.15, 0.2) is 18.2 Å². The van der Waals surface area contributed by atoms with E-state index in [1.165, 1.54) is 0 Å². The lowest BCUT2D eigenvalue weighted by molar-refractivity contribution is 0.376. The Morgan fingerprint density at radius 3 is 2.25 bits per heavy atom. The van der Waals surface area contributed by atoms with Crippen LogP contribution in [0.3, 0.4) is 0 Å². The van der Waals surface area contributed by atoms with Crippen molar-refractivity contribution in [3.05, 3.63) is 23.8 Å². The van der Waals surface area contributed by atoms with Crippen LogP contribution in [0.4, 0.5) is 0 Å². The van der Waals surface area contributed by atoms with Crippen LogP contribution in [0, 0.1) is 0 Å². The van der Waals surface area contributed by atoms with E-state index in [2.05, 4.69) is 6.92 Å². The molecule has 0 aliphatic carbocycles. The van der Waals surface area contributed by atoms with Crippen molar-refractivity contribution in [2.75, 3.05) is 14.2 Å². The van der Waals surface area contributed by atoms with Gasteiger partial charge in [-0.3, -0.25) is 0 Å². The molecule has 1 aromatic rings. The maximum absolute atomic E-state index is 6.13. The lowest BCUT2D eigenvalue weighted by Gasteiger charge is -2.29. The van der Waals surface area contributed by atoms with E-state index in [1.807, 2.05) is 32.0 Å². The van der Waals surface area contributed by atoms with E-state index in [0.29, 0.717) is 0 Å². The molecule has 0 heterocycles. The summed E-state index contributed by atoms with van der Waals surface area (Å²) in [5.74, 6) is 1.87. The van der Waals surface area contributed by atoms with Gasteiger partial charge >= 0.3 is 0 Å². The van der Waals surface area contributed by atoms with Gasteiger partial charge in [0.05, 0.1) is 14.2 Å². The van der Waals surface area contributed by atoms with E-state index in [-0.39, 0.29) is 11.5 Å². The number of benzene rings is 1. The molecule has 16 heavy (non-hydrogen) atoms. The molecule has 0 spiro atoms. The van der Waals surface area contributed by atoms with E-state index in [1.54, 1.807) is 14.2 Å². The van der Waals surface area contributed by atoms with Gasteiger partial charge in [0.1, 0.15) is 11.5 Å². The van der Waals surface area contributed by atoms with Gasteiger partial charge in [-0.05, 0) is 32.0 Å². The molecule has 1 aromatic carbocycles. The van der Waals surface area contributed by atoms with Crippen molar-refractivity contribution in [2.24, 2.45) is 5.73 Å². The van der Waals surface area contributed by atoms with Gasteiger partial charge in [0, 0.05) is 17.0 Å². The zero-order valence-corrected chi connectivity index (χ0v) is 10.7. The predicted octanol–water partition coefficient (Wildman–Crippen LogP) is 2.54. The smallest absolute Gasteiger partial charge is 0.122 e. The molecular formula is C13H21NO2. The van der Waals surface area contributed by atoms with Gasteiger partial charge in [-0.25, -0.2) is 0 Å². The fourth-order valence-electron chi connectivity index (χ4n) is 1.58. The number of rotatable bonds is 4. The van der Waals surface area contributed by atoms with Crippen LogP contribution in [0.5, 0.6) is 11.5 Å². The summed E-state index contributed by atoms with van der Waals surface area (Å²) >= 11 is 0. The first kappa shape index (κ1) is 12.8. The van der Waals surface area contributed by atoms with Crippen LogP contribution in [0.25, 0.3) is 0 Å². The van der Waals surface area contributed by atoms with Crippen molar-refractivity contribution in [3.63, 3.8) is 0 Å². The molecule has 3 heteroatoms. The van der Waals surface area contributed by atoms with Crippen LogP contribution < -0.4 is 15.2 Å². The Kier molecular flexibility index (Phi) is 3.81. The number of hydrogen-bond acceptors (Lipinski definition) is 3. The van der Waals surface area contributed by atoms with E-state index in [0.717, 1.165) is 17.1 Å². The Bertz CT molecular complexity index is 355. The quantitative estimate of drug-likeness (QED) is 0.853. The molecule has 3 nitrogen and oxygen atoms in total. The highest BCUT2D eigenvalue weighted by atomic mass is 16.5. The second-order valence-electron chi connectivity index (χ2n) is 4.65. The average Bonchev–Trinajstić information content (AvgIpc) is 2.25. The Morgan fingerprint density at radius 1 is 1.19 bits per heavy atom. The minimum Gasteiger partial charge on any atom is -0.497 e. The molecule has 2 N–H and O–H groups in total. The van der Waals surface area contributed by atoms with Crippen molar-refractivity contribution in [1.82, 2.24) is 0 Å². The van der Waals surface area contributed by atoms with E-state index < -0.39 is 0 Å². The Hall–Kier alpha value is -1.22. The summed E-state index contributed by atoms with van der Waals surface area (Å²) in [4.78, 5) is 0. The monoisotopic (exact) mass is 223 g/mol. The first-order chi connectivity index (χ1) is 7.40. The highest BCUT2D eigenvalue weighted by molar-refractivity contribution is 5.43. The second kappa shape index (κ2) is 4.74. The molecule has 0 aliphatic rings. The molecule has 1 unspecified atom stereocenters. The summed E-state index contributed by atoms with van der Waals surface area (Å²) in [5, 5.41) is 0. The molecule has 90 valence electrons. The zero-order chi connectivity index (χ0) is 12.3. The van der Waals surface area contributed by atoms with Gasteiger partial charge in [0.15, 0.2) is 0 Å². The van der Waals surface area contributed by atoms with E-state index in [9.17, 15) is 0 Å². The molecule has 1 atom stereocenters. The van der Waals surface area contributed by atoms with Gasteiger partial charge in [-0.2, -0.15) is 0 Å². The SMILES string of the molecule is COc1ccc(OC)c(C(C)C(C)(C)N)c1. The van der Waals surface area contributed by atoms with Crippen LogP contribution in [0.2, 0.25) is 0 Å².